The Hall–Kier alpha value is -0.880. The van der Waals surface area contributed by atoms with Gasteiger partial charge >= 0.3 is 0 Å². The molecule has 0 unspecified atom stereocenters. The molecule has 3 rings (SSSR count). The van der Waals surface area contributed by atoms with Gasteiger partial charge in [-0.1, -0.05) is 86.7 Å². The SMILES string of the molecule is CC(C)(C)P([C@H]1C[C@@]1(C)C1=N[C@@H](c2ccccc2)CO1)C(C)(C)C. The predicted molar refractivity (Wildman–Crippen MR) is 106 cm³/mol. The Morgan fingerprint density at radius 1 is 1.04 bits per heavy atom. The summed E-state index contributed by atoms with van der Waals surface area (Å²) in [6, 6.07) is 10.7. The van der Waals surface area contributed by atoms with E-state index in [4.69, 9.17) is 9.73 Å². The lowest BCUT2D eigenvalue weighted by Gasteiger charge is -2.43. The molecule has 0 aromatic heterocycles. The first kappa shape index (κ1) is 17.9. The Morgan fingerprint density at radius 3 is 2.17 bits per heavy atom. The highest BCUT2D eigenvalue weighted by Gasteiger charge is 2.63. The van der Waals surface area contributed by atoms with Gasteiger partial charge in [-0.2, -0.15) is 0 Å². The average molecular weight is 345 g/mol. The van der Waals surface area contributed by atoms with Crippen molar-refractivity contribution >= 4 is 13.8 Å². The molecule has 1 aliphatic heterocycles. The monoisotopic (exact) mass is 345 g/mol. The maximum Gasteiger partial charge on any atom is 0.190 e. The molecule has 1 saturated carbocycles. The van der Waals surface area contributed by atoms with E-state index in [0.29, 0.717) is 16.9 Å². The molecule has 24 heavy (non-hydrogen) atoms. The maximum absolute atomic E-state index is 6.11. The summed E-state index contributed by atoms with van der Waals surface area (Å²) in [6.45, 7) is 17.5. The highest BCUT2D eigenvalue weighted by molar-refractivity contribution is 7.62. The van der Waals surface area contributed by atoms with Gasteiger partial charge in [0.15, 0.2) is 5.90 Å². The van der Waals surface area contributed by atoms with Gasteiger partial charge in [0.05, 0.1) is 5.41 Å². The van der Waals surface area contributed by atoms with E-state index < -0.39 is 0 Å². The molecule has 0 bridgehead atoms. The van der Waals surface area contributed by atoms with Gasteiger partial charge < -0.3 is 4.74 Å². The molecule has 1 heterocycles. The molecule has 3 heteroatoms. The fraction of sp³-hybridized carbons (Fsp3) is 0.667. The van der Waals surface area contributed by atoms with Gasteiger partial charge in [-0.25, -0.2) is 4.99 Å². The van der Waals surface area contributed by atoms with Crippen molar-refractivity contribution < 1.29 is 4.74 Å². The maximum atomic E-state index is 6.11. The highest BCUT2D eigenvalue weighted by Crippen LogP contribution is 2.75. The summed E-state index contributed by atoms with van der Waals surface area (Å²) in [6.07, 6.45) is 1.23. The lowest BCUT2D eigenvalue weighted by atomic mass is 10.1. The zero-order valence-corrected chi connectivity index (χ0v) is 17.2. The van der Waals surface area contributed by atoms with E-state index in [-0.39, 0.29) is 19.4 Å². The van der Waals surface area contributed by atoms with Crippen LogP contribution in [0.1, 0.15) is 66.5 Å². The second kappa shape index (κ2) is 5.84. The van der Waals surface area contributed by atoms with Crippen LogP contribution in [0.15, 0.2) is 35.3 Å². The zero-order chi connectivity index (χ0) is 17.8. The third-order valence-corrected chi connectivity index (χ3v) is 9.54. The van der Waals surface area contributed by atoms with E-state index in [9.17, 15) is 0 Å². The summed E-state index contributed by atoms with van der Waals surface area (Å²) < 4.78 is 6.11. The molecule has 0 spiro atoms. The van der Waals surface area contributed by atoms with Crippen LogP contribution in [-0.2, 0) is 4.74 Å². The van der Waals surface area contributed by atoms with E-state index >= 15 is 0 Å². The minimum absolute atomic E-state index is 0.124. The minimum Gasteiger partial charge on any atom is -0.478 e. The molecule has 2 nitrogen and oxygen atoms in total. The van der Waals surface area contributed by atoms with Crippen molar-refractivity contribution in [2.45, 2.75) is 76.9 Å². The summed E-state index contributed by atoms with van der Waals surface area (Å²) in [7, 11) is -0.124. The van der Waals surface area contributed by atoms with Crippen LogP contribution in [-0.4, -0.2) is 28.5 Å². The van der Waals surface area contributed by atoms with E-state index in [1.165, 1.54) is 12.0 Å². The van der Waals surface area contributed by atoms with Crippen molar-refractivity contribution in [2.24, 2.45) is 10.4 Å². The average Bonchev–Trinajstić information content (AvgIpc) is 2.91. The van der Waals surface area contributed by atoms with Crippen LogP contribution in [0, 0.1) is 5.41 Å². The van der Waals surface area contributed by atoms with Crippen LogP contribution in [0.3, 0.4) is 0 Å². The smallest absolute Gasteiger partial charge is 0.190 e. The number of aliphatic imine (C=N–C) groups is 1. The largest absolute Gasteiger partial charge is 0.478 e. The summed E-state index contributed by atoms with van der Waals surface area (Å²) >= 11 is 0. The third-order valence-electron chi connectivity index (χ3n) is 5.27. The fourth-order valence-corrected chi connectivity index (χ4v) is 9.55. The Kier molecular flexibility index (Phi) is 4.36. The molecule has 0 saturated heterocycles. The van der Waals surface area contributed by atoms with Crippen molar-refractivity contribution in [3.8, 4) is 0 Å². The van der Waals surface area contributed by atoms with Crippen LogP contribution in [0.5, 0.6) is 0 Å². The molecule has 1 aliphatic carbocycles. The lowest BCUT2D eigenvalue weighted by Crippen LogP contribution is -2.30. The Morgan fingerprint density at radius 2 is 1.62 bits per heavy atom. The van der Waals surface area contributed by atoms with Crippen molar-refractivity contribution in [1.82, 2.24) is 0 Å². The Bertz CT molecular complexity index is 611. The van der Waals surface area contributed by atoms with Gasteiger partial charge in [0.1, 0.15) is 12.6 Å². The molecule has 0 N–H and O–H groups in total. The lowest BCUT2D eigenvalue weighted by molar-refractivity contribution is 0.298. The molecule has 1 fully saturated rings. The number of hydrogen-bond donors (Lipinski definition) is 0. The van der Waals surface area contributed by atoms with Crippen molar-refractivity contribution in [3.05, 3.63) is 35.9 Å². The molecular formula is C21H32NOP. The first-order chi connectivity index (χ1) is 11.0. The molecule has 0 radical (unpaired) electrons. The molecular weight excluding hydrogens is 313 g/mol. The Labute approximate surface area is 148 Å². The van der Waals surface area contributed by atoms with Gasteiger partial charge in [-0.05, 0) is 28.0 Å². The van der Waals surface area contributed by atoms with E-state index in [1.807, 2.05) is 0 Å². The first-order valence-electron chi connectivity index (χ1n) is 9.09. The number of ether oxygens (including phenoxy) is 1. The molecule has 1 aromatic rings. The standard InChI is InChI=1S/C21H32NOP/c1-19(2,3)24(20(4,5)6)17-13-21(17,7)18-22-16(14-23-18)15-11-9-8-10-12-15/h8-12,16-17H,13-14H2,1-7H3/t16-,17+,21-/m1/s1. The first-order valence-corrected chi connectivity index (χ1v) is 10.5. The quantitative estimate of drug-likeness (QED) is 0.614. The van der Waals surface area contributed by atoms with Gasteiger partial charge in [0.2, 0.25) is 0 Å². The normalized spacial score (nSPS) is 30.2. The second-order valence-corrected chi connectivity index (χ2v) is 13.6. The van der Waals surface area contributed by atoms with Gasteiger partial charge in [0, 0.05) is 0 Å². The van der Waals surface area contributed by atoms with Crippen LogP contribution in [0.4, 0.5) is 0 Å². The highest BCUT2D eigenvalue weighted by atomic mass is 31.1. The summed E-state index contributed by atoms with van der Waals surface area (Å²) in [5, 5.41) is 0.710. The van der Waals surface area contributed by atoms with E-state index in [1.54, 1.807) is 0 Å². The van der Waals surface area contributed by atoms with Gasteiger partial charge in [-0.3, -0.25) is 0 Å². The van der Waals surface area contributed by atoms with E-state index in [0.717, 1.165) is 11.6 Å². The molecule has 132 valence electrons. The molecule has 0 amide bonds. The van der Waals surface area contributed by atoms with Crippen LogP contribution < -0.4 is 0 Å². The molecule has 3 atom stereocenters. The molecule has 1 aromatic carbocycles. The van der Waals surface area contributed by atoms with E-state index in [2.05, 4.69) is 78.8 Å². The Balaban J connectivity index is 1.81. The second-order valence-electron chi connectivity index (χ2n) is 9.52. The van der Waals surface area contributed by atoms with Crippen molar-refractivity contribution in [3.63, 3.8) is 0 Å². The zero-order valence-electron chi connectivity index (χ0n) is 16.3. The topological polar surface area (TPSA) is 21.6 Å². The number of hydrogen-bond acceptors (Lipinski definition) is 2. The van der Waals surface area contributed by atoms with Crippen LogP contribution in [0.2, 0.25) is 0 Å². The number of nitrogens with zero attached hydrogens (tertiary/aromatic N) is 1. The van der Waals surface area contributed by atoms with Crippen molar-refractivity contribution in [2.75, 3.05) is 6.61 Å². The van der Waals surface area contributed by atoms with Crippen LogP contribution in [0.25, 0.3) is 0 Å². The minimum atomic E-state index is -0.124. The summed E-state index contributed by atoms with van der Waals surface area (Å²) in [5.41, 5.74) is 2.14. The predicted octanol–water partition coefficient (Wildman–Crippen LogP) is 6.01. The summed E-state index contributed by atoms with van der Waals surface area (Å²) in [4.78, 5) is 4.99. The fourth-order valence-electron chi connectivity index (χ4n) is 4.42. The van der Waals surface area contributed by atoms with Gasteiger partial charge in [-0.15, -0.1) is 0 Å². The molecule has 2 aliphatic rings. The third kappa shape index (κ3) is 3.27. The van der Waals surface area contributed by atoms with Gasteiger partial charge in [0.25, 0.3) is 0 Å². The van der Waals surface area contributed by atoms with Crippen LogP contribution >= 0.6 is 7.92 Å². The number of benzene rings is 1. The number of rotatable bonds is 3. The van der Waals surface area contributed by atoms with Crippen molar-refractivity contribution in [1.29, 1.82) is 0 Å². The summed E-state index contributed by atoms with van der Waals surface area (Å²) in [5.74, 6) is 1.02.